The molecule has 0 saturated heterocycles. The van der Waals surface area contributed by atoms with Crippen molar-refractivity contribution in [2.45, 2.75) is 29.5 Å². The number of fused-ring (bicyclic) bond motifs is 2. The number of halogens is 3. The van der Waals surface area contributed by atoms with Crippen LogP contribution in [0.5, 0.6) is 5.75 Å². The van der Waals surface area contributed by atoms with E-state index in [1.807, 2.05) is 6.07 Å². The van der Waals surface area contributed by atoms with Crippen LogP contribution in [0.15, 0.2) is 38.9 Å². The Labute approximate surface area is 122 Å². The zero-order chi connectivity index (χ0) is 15.2. The third kappa shape index (κ3) is 2.92. The van der Waals surface area contributed by atoms with Gasteiger partial charge < -0.3 is 9.72 Å². The van der Waals surface area contributed by atoms with Crippen molar-refractivity contribution in [3.63, 3.8) is 0 Å². The average molecular weight is 313 g/mol. The number of ether oxygens (including phenoxy) is 1. The molecule has 0 unspecified atom stereocenters. The minimum Gasteiger partial charge on any atom is -0.406 e. The number of hydrogen-bond acceptors (Lipinski definition) is 3. The summed E-state index contributed by atoms with van der Waals surface area (Å²) in [5, 5.41) is 0. The van der Waals surface area contributed by atoms with Gasteiger partial charge in [0.1, 0.15) is 5.75 Å². The standard InChI is InChI=1S/C14H10F3NO2S/c1-7-4-9-5-8-2-3-10(20-14(15,16)17)6-11(8)21-12(9)13(19)18-7/h2-4,6H,5H2,1H3,(H,18,19). The maximum Gasteiger partial charge on any atom is 0.573 e. The summed E-state index contributed by atoms with van der Waals surface area (Å²) in [7, 11) is 0. The fraction of sp³-hybridized carbons (Fsp3) is 0.214. The minimum atomic E-state index is -4.72. The van der Waals surface area contributed by atoms with E-state index in [-0.39, 0.29) is 11.3 Å². The molecule has 0 aliphatic carbocycles. The van der Waals surface area contributed by atoms with E-state index in [1.54, 1.807) is 13.0 Å². The molecule has 2 aromatic rings. The van der Waals surface area contributed by atoms with Crippen molar-refractivity contribution >= 4 is 11.8 Å². The molecule has 0 spiro atoms. The van der Waals surface area contributed by atoms with E-state index in [2.05, 4.69) is 9.72 Å². The Morgan fingerprint density at radius 2 is 2.00 bits per heavy atom. The Balaban J connectivity index is 1.98. The number of rotatable bonds is 1. The first-order valence-corrected chi connectivity index (χ1v) is 6.93. The molecule has 2 heterocycles. The van der Waals surface area contributed by atoms with Gasteiger partial charge in [0, 0.05) is 10.6 Å². The Morgan fingerprint density at radius 3 is 2.71 bits per heavy atom. The second kappa shape index (κ2) is 4.84. The lowest BCUT2D eigenvalue weighted by Gasteiger charge is -2.19. The monoisotopic (exact) mass is 313 g/mol. The summed E-state index contributed by atoms with van der Waals surface area (Å²) in [5.41, 5.74) is 2.31. The van der Waals surface area contributed by atoms with Crippen molar-refractivity contribution in [2.24, 2.45) is 0 Å². The smallest absolute Gasteiger partial charge is 0.406 e. The largest absolute Gasteiger partial charge is 0.573 e. The van der Waals surface area contributed by atoms with Crippen LogP contribution >= 0.6 is 11.8 Å². The van der Waals surface area contributed by atoms with Gasteiger partial charge in [-0.25, -0.2) is 0 Å². The molecule has 0 bridgehead atoms. The highest BCUT2D eigenvalue weighted by molar-refractivity contribution is 7.99. The summed E-state index contributed by atoms with van der Waals surface area (Å²) in [6.45, 7) is 1.79. The zero-order valence-electron chi connectivity index (χ0n) is 10.9. The van der Waals surface area contributed by atoms with Gasteiger partial charge in [0.15, 0.2) is 0 Å². The number of H-pyrrole nitrogens is 1. The first-order valence-electron chi connectivity index (χ1n) is 6.11. The molecule has 1 N–H and O–H groups in total. The number of pyridine rings is 1. The quantitative estimate of drug-likeness (QED) is 0.746. The van der Waals surface area contributed by atoms with Crippen molar-refractivity contribution in [3.05, 3.63) is 51.4 Å². The van der Waals surface area contributed by atoms with Gasteiger partial charge in [-0.05, 0) is 42.7 Å². The summed E-state index contributed by atoms with van der Waals surface area (Å²) < 4.78 is 40.6. The Bertz CT molecular complexity index is 768. The maximum atomic E-state index is 12.2. The highest BCUT2D eigenvalue weighted by atomic mass is 32.2. The molecule has 1 aliphatic rings. The van der Waals surface area contributed by atoms with Crippen LogP contribution in [-0.2, 0) is 6.42 Å². The third-order valence-corrected chi connectivity index (χ3v) is 4.32. The van der Waals surface area contributed by atoms with Gasteiger partial charge in [-0.15, -0.1) is 13.2 Å². The second-order valence-electron chi connectivity index (χ2n) is 4.73. The SMILES string of the molecule is Cc1cc2c(c(=O)[nH]1)Sc1cc(OC(F)(F)F)ccc1C2. The number of nitrogens with one attached hydrogen (secondary N) is 1. The lowest BCUT2D eigenvalue weighted by molar-refractivity contribution is -0.274. The highest BCUT2D eigenvalue weighted by Gasteiger charge is 2.31. The molecule has 7 heteroatoms. The molecule has 0 fully saturated rings. The van der Waals surface area contributed by atoms with E-state index in [0.717, 1.165) is 16.8 Å². The topological polar surface area (TPSA) is 42.1 Å². The first-order chi connectivity index (χ1) is 9.82. The molecule has 0 amide bonds. The summed E-state index contributed by atoms with van der Waals surface area (Å²) in [5.74, 6) is -0.277. The number of benzene rings is 1. The summed E-state index contributed by atoms with van der Waals surface area (Å²) in [6.07, 6.45) is -4.20. The minimum absolute atomic E-state index is 0.220. The molecule has 1 aromatic heterocycles. The lowest BCUT2D eigenvalue weighted by Crippen LogP contribution is -2.18. The van der Waals surface area contributed by atoms with E-state index in [0.29, 0.717) is 16.2 Å². The Hall–Kier alpha value is -1.89. The summed E-state index contributed by atoms with van der Waals surface area (Å²) >= 11 is 1.17. The molecule has 21 heavy (non-hydrogen) atoms. The normalized spacial score (nSPS) is 13.5. The van der Waals surface area contributed by atoms with Crippen LogP contribution < -0.4 is 10.3 Å². The van der Waals surface area contributed by atoms with Crippen LogP contribution in [0, 0.1) is 6.92 Å². The lowest BCUT2D eigenvalue weighted by atomic mass is 10.0. The molecule has 3 rings (SSSR count). The van der Waals surface area contributed by atoms with Crippen molar-refractivity contribution in [1.82, 2.24) is 4.98 Å². The molecule has 0 radical (unpaired) electrons. The summed E-state index contributed by atoms with van der Waals surface area (Å²) in [6, 6.07) is 6.09. The van der Waals surface area contributed by atoms with Crippen molar-refractivity contribution in [3.8, 4) is 5.75 Å². The number of aromatic amines is 1. The van der Waals surface area contributed by atoms with E-state index < -0.39 is 6.36 Å². The molecule has 3 nitrogen and oxygen atoms in total. The predicted octanol–water partition coefficient (Wildman–Crippen LogP) is 3.64. The predicted molar refractivity (Wildman–Crippen MR) is 71.9 cm³/mol. The number of alkyl halides is 3. The van der Waals surface area contributed by atoms with Gasteiger partial charge in [0.2, 0.25) is 0 Å². The van der Waals surface area contributed by atoms with Gasteiger partial charge in [-0.1, -0.05) is 17.8 Å². The van der Waals surface area contributed by atoms with Gasteiger partial charge >= 0.3 is 6.36 Å². The Morgan fingerprint density at radius 1 is 1.24 bits per heavy atom. The molecule has 110 valence electrons. The highest BCUT2D eigenvalue weighted by Crippen LogP contribution is 2.40. The number of aryl methyl sites for hydroxylation is 1. The molecule has 1 aromatic carbocycles. The number of hydrogen-bond donors (Lipinski definition) is 1. The van der Waals surface area contributed by atoms with Gasteiger partial charge in [0.25, 0.3) is 5.56 Å². The second-order valence-corrected chi connectivity index (χ2v) is 5.78. The van der Waals surface area contributed by atoms with Crippen LogP contribution in [0.2, 0.25) is 0 Å². The maximum absolute atomic E-state index is 12.2. The fourth-order valence-corrected chi connectivity index (χ4v) is 3.35. The van der Waals surface area contributed by atoms with Crippen molar-refractivity contribution in [2.75, 3.05) is 0 Å². The van der Waals surface area contributed by atoms with E-state index in [4.69, 9.17) is 0 Å². The average Bonchev–Trinajstić information content (AvgIpc) is 2.35. The van der Waals surface area contributed by atoms with Crippen LogP contribution in [0.25, 0.3) is 0 Å². The molecule has 1 aliphatic heterocycles. The zero-order valence-corrected chi connectivity index (χ0v) is 11.7. The van der Waals surface area contributed by atoms with Crippen LogP contribution in [0.4, 0.5) is 13.2 Å². The van der Waals surface area contributed by atoms with E-state index in [9.17, 15) is 18.0 Å². The van der Waals surface area contributed by atoms with Gasteiger partial charge in [-0.3, -0.25) is 4.79 Å². The van der Waals surface area contributed by atoms with E-state index >= 15 is 0 Å². The van der Waals surface area contributed by atoms with Crippen molar-refractivity contribution < 1.29 is 17.9 Å². The third-order valence-electron chi connectivity index (χ3n) is 3.06. The number of aromatic nitrogens is 1. The molecule has 0 saturated carbocycles. The summed E-state index contributed by atoms with van der Waals surface area (Å²) in [4.78, 5) is 15.7. The van der Waals surface area contributed by atoms with Crippen LogP contribution in [0.1, 0.15) is 16.8 Å². The van der Waals surface area contributed by atoms with E-state index in [1.165, 1.54) is 23.9 Å². The van der Waals surface area contributed by atoms with Crippen LogP contribution in [0.3, 0.4) is 0 Å². The Kier molecular flexibility index (Phi) is 3.24. The van der Waals surface area contributed by atoms with Crippen molar-refractivity contribution in [1.29, 1.82) is 0 Å². The molecular formula is C14H10F3NO2S. The van der Waals surface area contributed by atoms with Crippen LogP contribution in [-0.4, -0.2) is 11.3 Å². The fourth-order valence-electron chi connectivity index (χ4n) is 2.28. The van der Waals surface area contributed by atoms with Gasteiger partial charge in [-0.2, -0.15) is 0 Å². The molecular weight excluding hydrogens is 303 g/mol. The first kappa shape index (κ1) is 14.1. The van der Waals surface area contributed by atoms with Gasteiger partial charge in [0.05, 0.1) is 4.90 Å². The molecule has 0 atom stereocenters.